The third kappa shape index (κ3) is 30.6. The fourth-order valence-corrected chi connectivity index (χ4v) is 10.6. The fourth-order valence-electron chi connectivity index (χ4n) is 10.3. The monoisotopic (exact) mass is 1350 g/mol. The number of aliphatic carboxylic acids is 1. The Balaban J connectivity index is 2.31. The topological polar surface area (TPSA) is 519 Å². The zero-order valence-corrected chi connectivity index (χ0v) is 56.1. The molecule has 1 aliphatic rings. The van der Waals surface area contributed by atoms with E-state index in [0.717, 1.165) is 4.90 Å². The number of nitrogens with zero attached hydrogens (tertiary/aromatic N) is 1. The number of benzene rings is 1. The summed E-state index contributed by atoms with van der Waals surface area (Å²) in [6, 6.07) is -5.73. The van der Waals surface area contributed by atoms with E-state index in [0.29, 0.717) is 69.9 Å². The van der Waals surface area contributed by atoms with Crippen molar-refractivity contribution in [3.8, 4) is 0 Å². The van der Waals surface area contributed by atoms with Gasteiger partial charge in [0.2, 0.25) is 65.0 Å². The van der Waals surface area contributed by atoms with Crippen molar-refractivity contribution in [1.82, 2.24) is 58.1 Å². The third-order valence-corrected chi connectivity index (χ3v) is 15.9. The Morgan fingerprint density at radius 2 is 0.957 bits per heavy atom. The van der Waals surface area contributed by atoms with Crippen molar-refractivity contribution in [2.45, 2.75) is 216 Å². The smallest absolute Gasteiger partial charge is 0.326 e. The molecule has 1 saturated heterocycles. The van der Waals surface area contributed by atoms with Crippen LogP contribution in [-0.4, -0.2) is 215 Å². The minimum absolute atomic E-state index is 0.00540. The maximum Gasteiger partial charge on any atom is 0.326 e. The number of thiol groups is 1. The number of unbranched alkanes of at least 4 members (excludes halogenated alkanes) is 4. The van der Waals surface area contributed by atoms with Gasteiger partial charge in [-0.25, -0.2) is 4.79 Å². The van der Waals surface area contributed by atoms with Gasteiger partial charge in [0.25, 0.3) is 0 Å². The van der Waals surface area contributed by atoms with Crippen molar-refractivity contribution in [2.24, 2.45) is 40.5 Å². The second-order valence-electron chi connectivity index (χ2n) is 24.6. The van der Waals surface area contributed by atoms with Crippen LogP contribution in [0, 0.1) is 11.8 Å². The molecule has 0 aromatic heterocycles. The summed E-state index contributed by atoms with van der Waals surface area (Å²) in [6.07, 6.45) is 2.95. The summed E-state index contributed by atoms with van der Waals surface area (Å²) in [4.78, 5) is 165. The van der Waals surface area contributed by atoms with Gasteiger partial charge >= 0.3 is 5.97 Å². The largest absolute Gasteiger partial charge is 0.480 e. The number of nitrogens with one attached hydrogen (secondary N) is 10. The van der Waals surface area contributed by atoms with E-state index in [9.17, 15) is 72.9 Å². The number of carbonyl (C=O) groups is 12. The van der Waals surface area contributed by atoms with Crippen LogP contribution in [0.25, 0.3) is 0 Å². The zero-order valence-electron chi connectivity index (χ0n) is 55.2. The summed E-state index contributed by atoms with van der Waals surface area (Å²) in [5.41, 5.74) is 29.5. The van der Waals surface area contributed by atoms with Gasteiger partial charge in [0.1, 0.15) is 60.4 Å². The van der Waals surface area contributed by atoms with Gasteiger partial charge in [-0.3, -0.25) is 52.7 Å². The molecule has 1 aliphatic heterocycles. The number of likely N-dealkylation sites (tertiary alicyclic amines) is 1. The second-order valence-corrected chi connectivity index (χ2v) is 24.9. The van der Waals surface area contributed by atoms with E-state index in [1.807, 2.05) is 0 Å². The fraction of sp³-hybridized carbons (Fsp3) is 0.710. The van der Waals surface area contributed by atoms with Crippen LogP contribution in [-0.2, 0) is 64.0 Å². The summed E-state index contributed by atoms with van der Waals surface area (Å²) in [5.74, 6) is -10.7. The highest BCUT2D eigenvalue weighted by molar-refractivity contribution is 7.80. The Kier molecular flexibility index (Phi) is 40.0. The first-order valence-corrected chi connectivity index (χ1v) is 33.3. The number of carboxylic acids is 1. The molecular weight excluding hydrogens is 1240 g/mol. The average molecular weight is 1350 g/mol. The number of hydrogen-bond donors (Lipinski definition) is 19. The minimum Gasteiger partial charge on any atom is -0.480 e. The zero-order chi connectivity index (χ0) is 70.5. The second kappa shape index (κ2) is 45.3. The number of nitrogens with two attached hydrogens (primary N) is 5. The van der Waals surface area contributed by atoms with Crippen LogP contribution in [0.4, 0.5) is 0 Å². The molecule has 94 heavy (non-hydrogen) atoms. The van der Waals surface area contributed by atoms with Gasteiger partial charge in [0.15, 0.2) is 0 Å². The lowest BCUT2D eigenvalue weighted by atomic mass is 10.00. The number of amides is 11. The molecule has 0 unspecified atom stereocenters. The summed E-state index contributed by atoms with van der Waals surface area (Å²) in [6.45, 7) is 7.95. The van der Waals surface area contributed by atoms with E-state index in [4.69, 9.17) is 28.7 Å². The molecule has 0 aliphatic carbocycles. The summed E-state index contributed by atoms with van der Waals surface area (Å²) >= 11 is 4.21. The van der Waals surface area contributed by atoms with Crippen molar-refractivity contribution in [3.05, 3.63) is 35.9 Å². The molecule has 32 heteroatoms. The number of carboxylic acid groups (broad SMARTS) is 1. The van der Waals surface area contributed by atoms with E-state index >= 15 is 0 Å². The van der Waals surface area contributed by atoms with Gasteiger partial charge in [-0.05, 0) is 147 Å². The molecule has 12 atom stereocenters. The van der Waals surface area contributed by atoms with Gasteiger partial charge in [-0.1, -0.05) is 64.4 Å². The lowest BCUT2D eigenvalue weighted by Gasteiger charge is -2.31. The SMILES string of the molecule is CC(C)C[C@H](NC(=O)[C@H](CS)NC(=O)[C@H](CCCCN)NC(=O)[C@H](CCCCN)NC(=O)[C@@H]1CCCN1C(=O)[C@@H](NC(=O)CNC(=O)[C@H](CCCCN)NC(=O)[C@H](CC(C)C)NC(=O)[C@H](Cc1ccccc1)NC(=O)[C@H](CO)NC(=O)[C@@H](N)CCCCN)[C@@H](C)O)C(=O)O. The van der Waals surface area contributed by atoms with Crippen LogP contribution < -0.4 is 81.8 Å². The molecule has 2 rings (SSSR count). The van der Waals surface area contributed by atoms with E-state index < -0.39 is 157 Å². The first-order chi connectivity index (χ1) is 44.7. The van der Waals surface area contributed by atoms with Gasteiger partial charge in [-0.2, -0.15) is 12.6 Å². The molecule has 1 aromatic carbocycles. The Hall–Kier alpha value is -7.07. The minimum atomic E-state index is -1.65. The first kappa shape index (κ1) is 83.0. The summed E-state index contributed by atoms with van der Waals surface area (Å²) in [7, 11) is 0. The van der Waals surface area contributed by atoms with Crippen molar-refractivity contribution >= 4 is 83.6 Å². The van der Waals surface area contributed by atoms with Gasteiger partial charge in [0.05, 0.1) is 25.3 Å². The highest BCUT2D eigenvalue weighted by Gasteiger charge is 2.41. The van der Waals surface area contributed by atoms with Crippen molar-refractivity contribution in [2.75, 3.05) is 51.6 Å². The van der Waals surface area contributed by atoms with Crippen molar-refractivity contribution in [1.29, 1.82) is 0 Å². The maximum absolute atomic E-state index is 14.3. The number of aliphatic hydroxyl groups is 2. The van der Waals surface area contributed by atoms with Crippen LogP contribution in [0.15, 0.2) is 30.3 Å². The quantitative estimate of drug-likeness (QED) is 0.0219. The summed E-state index contributed by atoms with van der Waals surface area (Å²) in [5, 5.41) is 56.5. The molecule has 532 valence electrons. The van der Waals surface area contributed by atoms with Crippen molar-refractivity contribution in [3.63, 3.8) is 0 Å². The molecule has 1 heterocycles. The molecule has 0 saturated carbocycles. The number of rotatable bonds is 47. The Morgan fingerprint density at radius 3 is 1.46 bits per heavy atom. The van der Waals surface area contributed by atoms with E-state index in [-0.39, 0.29) is 95.1 Å². The van der Waals surface area contributed by atoms with Crippen LogP contribution in [0.2, 0.25) is 0 Å². The van der Waals surface area contributed by atoms with Crippen LogP contribution in [0.5, 0.6) is 0 Å². The number of carbonyl (C=O) groups excluding carboxylic acids is 11. The molecular formula is C62H108N16O15S. The van der Waals surface area contributed by atoms with Gasteiger partial charge < -0.3 is 102 Å². The maximum atomic E-state index is 14.3. The first-order valence-electron chi connectivity index (χ1n) is 32.7. The lowest BCUT2D eigenvalue weighted by Crippen LogP contribution is -2.61. The van der Waals surface area contributed by atoms with Crippen LogP contribution in [0.1, 0.15) is 143 Å². The molecule has 31 nitrogen and oxygen atoms in total. The predicted octanol–water partition coefficient (Wildman–Crippen LogP) is -3.98. The van der Waals surface area contributed by atoms with Gasteiger partial charge in [0, 0.05) is 18.7 Å². The normalized spacial score (nSPS) is 16.5. The summed E-state index contributed by atoms with van der Waals surface area (Å²) < 4.78 is 0. The molecule has 0 bridgehead atoms. The highest BCUT2D eigenvalue weighted by Crippen LogP contribution is 2.21. The van der Waals surface area contributed by atoms with Crippen molar-refractivity contribution < 1.29 is 72.9 Å². The Morgan fingerprint density at radius 1 is 0.532 bits per heavy atom. The lowest BCUT2D eigenvalue weighted by molar-refractivity contribution is -0.144. The number of hydrogen-bond acceptors (Lipinski definition) is 20. The molecule has 1 fully saturated rings. The number of aliphatic hydroxyl groups excluding tert-OH is 2. The van der Waals surface area contributed by atoms with E-state index in [1.165, 1.54) is 6.92 Å². The molecule has 1 aromatic rings. The third-order valence-electron chi connectivity index (χ3n) is 15.6. The Labute approximate surface area is 556 Å². The predicted molar refractivity (Wildman–Crippen MR) is 354 cm³/mol. The standard InChI is InChI=1S/C62H108N16O15S/c1-36(2)30-44(72-57(87)45(32-39-18-7-6-8-19-39)73-58(88)47(34-79)75-52(82)40(67)20-9-13-25-63)56(86)69-41(21-10-14-26-64)53(83)68-33-50(81)77-51(38(5)80)61(91)78-29-17-24-49(78)60(90)71-43(23-12-16-28-66)54(84)70-42(22-11-15-27-65)55(85)76-48(35-94)59(89)74-46(62(92)93)31-37(3)4/h6-8,18-19,36-38,40-49,51,79-80,94H,9-17,20-35,63-67H2,1-5H3,(H,68,83)(H,69,86)(H,70,84)(H,71,90)(H,72,87)(H,73,88)(H,74,89)(H,75,82)(H,76,85)(H,77,81)(H,92,93)/t38-,40+,41+,42+,43+,44+,45+,46+,47+,48+,49+,51+/m1/s1. The van der Waals surface area contributed by atoms with E-state index in [2.05, 4.69) is 65.8 Å². The molecule has 23 N–H and O–H groups in total. The highest BCUT2D eigenvalue weighted by atomic mass is 32.1. The van der Waals surface area contributed by atoms with Crippen LogP contribution >= 0.6 is 12.6 Å². The van der Waals surface area contributed by atoms with E-state index in [1.54, 1.807) is 58.0 Å². The van der Waals surface area contributed by atoms with Gasteiger partial charge in [-0.15, -0.1) is 0 Å². The molecule has 11 amide bonds. The molecule has 0 spiro atoms. The Bertz CT molecular complexity index is 2570. The average Bonchev–Trinajstić information content (AvgIpc) is 1.60. The molecule has 0 radical (unpaired) electrons. The van der Waals surface area contributed by atoms with Crippen LogP contribution in [0.3, 0.4) is 0 Å².